The van der Waals surface area contributed by atoms with E-state index in [1.165, 1.54) is 5.56 Å². The number of amides is 1. The summed E-state index contributed by atoms with van der Waals surface area (Å²) in [5.41, 5.74) is 1.98. The van der Waals surface area contributed by atoms with Crippen molar-refractivity contribution < 1.29 is 9.90 Å². The standard InChI is InChI=1S/C21H24N2O2/c24-19-9-5-4-8-18(19)20(25)23-13-11-21(16-23)10-12-22(15-21)14-17-6-2-1-3-7-17/h1-9,24H,10-16H2. The molecule has 2 aromatic carbocycles. The number of nitrogens with zero attached hydrogens (tertiary/aromatic N) is 2. The molecule has 0 bridgehead atoms. The quantitative estimate of drug-likeness (QED) is 0.936. The summed E-state index contributed by atoms with van der Waals surface area (Å²) in [5.74, 6) is 0.0297. The molecule has 2 saturated heterocycles. The fourth-order valence-corrected chi connectivity index (χ4v) is 4.27. The average molecular weight is 336 g/mol. The Labute approximate surface area is 148 Å². The summed E-state index contributed by atoms with van der Waals surface area (Å²) in [7, 11) is 0. The Balaban J connectivity index is 1.41. The average Bonchev–Trinajstić information content (AvgIpc) is 3.23. The molecule has 1 N–H and O–H groups in total. The Morgan fingerprint density at radius 3 is 2.48 bits per heavy atom. The van der Waals surface area contributed by atoms with E-state index in [-0.39, 0.29) is 17.1 Å². The minimum Gasteiger partial charge on any atom is -0.507 e. The van der Waals surface area contributed by atoms with Crippen LogP contribution in [0.25, 0.3) is 0 Å². The lowest BCUT2D eigenvalue weighted by Crippen LogP contribution is -2.34. The van der Waals surface area contributed by atoms with Gasteiger partial charge in [0.2, 0.25) is 0 Å². The van der Waals surface area contributed by atoms with E-state index in [1.807, 2.05) is 4.90 Å². The molecular weight excluding hydrogens is 312 g/mol. The number of likely N-dealkylation sites (tertiary alicyclic amines) is 2. The van der Waals surface area contributed by atoms with Crippen LogP contribution in [-0.2, 0) is 6.54 Å². The van der Waals surface area contributed by atoms with E-state index in [9.17, 15) is 9.90 Å². The lowest BCUT2D eigenvalue weighted by atomic mass is 9.86. The van der Waals surface area contributed by atoms with Crippen molar-refractivity contribution in [3.8, 4) is 5.75 Å². The van der Waals surface area contributed by atoms with Gasteiger partial charge in [-0.2, -0.15) is 0 Å². The van der Waals surface area contributed by atoms with Gasteiger partial charge >= 0.3 is 0 Å². The first-order valence-corrected chi connectivity index (χ1v) is 8.99. The number of aromatic hydroxyl groups is 1. The van der Waals surface area contributed by atoms with Crippen LogP contribution in [0.5, 0.6) is 5.75 Å². The fraction of sp³-hybridized carbons (Fsp3) is 0.381. The largest absolute Gasteiger partial charge is 0.507 e. The fourth-order valence-electron chi connectivity index (χ4n) is 4.27. The summed E-state index contributed by atoms with van der Waals surface area (Å²) in [4.78, 5) is 17.2. The summed E-state index contributed by atoms with van der Waals surface area (Å²) in [6, 6.07) is 17.4. The van der Waals surface area contributed by atoms with E-state index in [0.717, 1.165) is 45.6 Å². The summed E-state index contributed by atoms with van der Waals surface area (Å²) in [5, 5.41) is 9.95. The van der Waals surface area contributed by atoms with Crippen molar-refractivity contribution >= 4 is 5.91 Å². The molecule has 2 heterocycles. The first kappa shape index (κ1) is 16.2. The molecule has 2 aliphatic rings. The van der Waals surface area contributed by atoms with Crippen LogP contribution in [0, 0.1) is 5.41 Å². The summed E-state index contributed by atoms with van der Waals surface area (Å²) >= 11 is 0. The second-order valence-electron chi connectivity index (χ2n) is 7.44. The predicted molar refractivity (Wildman–Crippen MR) is 97.4 cm³/mol. The molecule has 0 aliphatic carbocycles. The molecule has 2 fully saturated rings. The Hall–Kier alpha value is -2.33. The zero-order valence-corrected chi connectivity index (χ0v) is 14.4. The van der Waals surface area contributed by atoms with Gasteiger partial charge in [-0.25, -0.2) is 0 Å². The number of hydrogen-bond acceptors (Lipinski definition) is 3. The number of hydrogen-bond donors (Lipinski definition) is 1. The summed E-state index contributed by atoms with van der Waals surface area (Å²) in [6.45, 7) is 4.70. The van der Waals surface area contributed by atoms with Crippen LogP contribution in [0.15, 0.2) is 54.6 Å². The highest BCUT2D eigenvalue weighted by Gasteiger charge is 2.44. The van der Waals surface area contributed by atoms with Crippen LogP contribution in [-0.4, -0.2) is 47.0 Å². The van der Waals surface area contributed by atoms with Crippen molar-refractivity contribution in [3.05, 3.63) is 65.7 Å². The third-order valence-corrected chi connectivity index (χ3v) is 5.63. The molecule has 4 rings (SSSR count). The van der Waals surface area contributed by atoms with Gasteiger partial charge in [-0.15, -0.1) is 0 Å². The third-order valence-electron chi connectivity index (χ3n) is 5.63. The molecule has 2 aromatic rings. The van der Waals surface area contributed by atoms with Gasteiger partial charge in [0, 0.05) is 31.6 Å². The lowest BCUT2D eigenvalue weighted by molar-refractivity contribution is 0.0770. The van der Waals surface area contributed by atoms with Crippen LogP contribution < -0.4 is 0 Å². The van der Waals surface area contributed by atoms with Crippen LogP contribution >= 0.6 is 0 Å². The summed E-state index contributed by atoms with van der Waals surface area (Å²) in [6.07, 6.45) is 2.20. The van der Waals surface area contributed by atoms with Crippen LogP contribution in [0.2, 0.25) is 0 Å². The van der Waals surface area contributed by atoms with Crippen molar-refractivity contribution in [2.75, 3.05) is 26.2 Å². The van der Waals surface area contributed by atoms with E-state index in [4.69, 9.17) is 0 Å². The van der Waals surface area contributed by atoms with Crippen molar-refractivity contribution in [2.45, 2.75) is 19.4 Å². The number of benzene rings is 2. The maximum Gasteiger partial charge on any atom is 0.257 e. The summed E-state index contributed by atoms with van der Waals surface area (Å²) < 4.78 is 0. The van der Waals surface area contributed by atoms with E-state index in [1.54, 1.807) is 24.3 Å². The molecule has 0 saturated carbocycles. The molecule has 0 radical (unpaired) electrons. The molecule has 1 spiro atoms. The molecule has 130 valence electrons. The highest BCUT2D eigenvalue weighted by atomic mass is 16.3. The van der Waals surface area contributed by atoms with Gasteiger partial charge in [0.15, 0.2) is 0 Å². The monoisotopic (exact) mass is 336 g/mol. The van der Waals surface area contributed by atoms with Crippen molar-refractivity contribution in [1.82, 2.24) is 9.80 Å². The Kier molecular flexibility index (Phi) is 4.22. The smallest absolute Gasteiger partial charge is 0.257 e. The maximum atomic E-state index is 12.7. The molecule has 1 atom stereocenters. The third kappa shape index (κ3) is 3.27. The lowest BCUT2D eigenvalue weighted by Gasteiger charge is -2.25. The van der Waals surface area contributed by atoms with Gasteiger partial charge in [-0.05, 0) is 37.1 Å². The Bertz CT molecular complexity index is 762. The highest BCUT2D eigenvalue weighted by molar-refractivity contribution is 5.97. The van der Waals surface area contributed by atoms with Crippen LogP contribution in [0.1, 0.15) is 28.8 Å². The Morgan fingerprint density at radius 2 is 1.68 bits per heavy atom. The number of carbonyl (C=O) groups excluding carboxylic acids is 1. The number of para-hydroxylation sites is 1. The maximum absolute atomic E-state index is 12.7. The molecular formula is C21H24N2O2. The predicted octanol–water partition coefficient (Wildman–Crippen LogP) is 3.13. The molecule has 1 unspecified atom stereocenters. The van der Waals surface area contributed by atoms with Crippen molar-refractivity contribution in [2.24, 2.45) is 5.41 Å². The van der Waals surface area contributed by atoms with Crippen LogP contribution in [0.3, 0.4) is 0 Å². The second-order valence-corrected chi connectivity index (χ2v) is 7.44. The van der Waals surface area contributed by atoms with Crippen molar-refractivity contribution in [3.63, 3.8) is 0 Å². The van der Waals surface area contributed by atoms with Gasteiger partial charge in [0.25, 0.3) is 5.91 Å². The SMILES string of the molecule is O=C(c1ccccc1O)N1CCC2(CCN(Cc3ccccc3)C2)C1. The second kappa shape index (κ2) is 6.52. The molecule has 0 aromatic heterocycles. The normalized spacial score (nSPS) is 23.4. The first-order chi connectivity index (χ1) is 12.2. The topological polar surface area (TPSA) is 43.8 Å². The van der Waals surface area contributed by atoms with Gasteiger partial charge < -0.3 is 10.0 Å². The highest BCUT2D eigenvalue weighted by Crippen LogP contribution is 2.40. The molecule has 25 heavy (non-hydrogen) atoms. The van der Waals surface area contributed by atoms with Crippen molar-refractivity contribution in [1.29, 1.82) is 0 Å². The van der Waals surface area contributed by atoms with Gasteiger partial charge in [0.05, 0.1) is 5.56 Å². The van der Waals surface area contributed by atoms with E-state index in [2.05, 4.69) is 35.2 Å². The number of phenols is 1. The zero-order valence-electron chi connectivity index (χ0n) is 14.4. The molecule has 1 amide bonds. The van der Waals surface area contributed by atoms with Crippen LogP contribution in [0.4, 0.5) is 0 Å². The Morgan fingerprint density at radius 1 is 0.960 bits per heavy atom. The van der Waals surface area contributed by atoms with E-state index in [0.29, 0.717) is 5.56 Å². The zero-order chi connectivity index (χ0) is 17.3. The van der Waals surface area contributed by atoms with Gasteiger partial charge in [-0.1, -0.05) is 42.5 Å². The molecule has 4 nitrogen and oxygen atoms in total. The first-order valence-electron chi connectivity index (χ1n) is 8.99. The number of phenolic OH excluding ortho intramolecular Hbond substituents is 1. The number of carbonyl (C=O) groups is 1. The molecule has 2 aliphatic heterocycles. The number of rotatable bonds is 3. The van der Waals surface area contributed by atoms with E-state index < -0.39 is 0 Å². The molecule has 4 heteroatoms. The minimum atomic E-state index is -0.0449. The van der Waals surface area contributed by atoms with Gasteiger partial charge in [0.1, 0.15) is 5.75 Å². The van der Waals surface area contributed by atoms with E-state index >= 15 is 0 Å². The van der Waals surface area contributed by atoms with Gasteiger partial charge in [-0.3, -0.25) is 9.69 Å². The minimum absolute atomic E-state index is 0.0449.